The van der Waals surface area contributed by atoms with Gasteiger partial charge in [0.25, 0.3) is 5.91 Å². The summed E-state index contributed by atoms with van der Waals surface area (Å²) in [5.41, 5.74) is 2.07. The predicted octanol–water partition coefficient (Wildman–Crippen LogP) is 2.78. The highest BCUT2D eigenvalue weighted by molar-refractivity contribution is 14.1. The monoisotopic (exact) mass is 474 g/mol. The van der Waals surface area contributed by atoms with Crippen LogP contribution in [0.4, 0.5) is 5.69 Å². The lowest BCUT2D eigenvalue weighted by Crippen LogP contribution is -2.27. The van der Waals surface area contributed by atoms with Crippen LogP contribution in [0.1, 0.15) is 15.9 Å². The van der Waals surface area contributed by atoms with Crippen molar-refractivity contribution in [1.29, 1.82) is 0 Å². The maximum absolute atomic E-state index is 12.3. The van der Waals surface area contributed by atoms with E-state index in [1.165, 1.54) is 31.4 Å². The Bertz CT molecular complexity index is 851. The van der Waals surface area contributed by atoms with Crippen LogP contribution in [-0.4, -0.2) is 34.6 Å². The van der Waals surface area contributed by atoms with Crippen molar-refractivity contribution in [2.24, 2.45) is 0 Å². The highest BCUT2D eigenvalue weighted by Crippen LogP contribution is 2.19. The fraction of sp³-hybridized carbons (Fsp3) is 0.235. The van der Waals surface area contributed by atoms with Gasteiger partial charge in [0.2, 0.25) is 10.0 Å². The van der Waals surface area contributed by atoms with E-state index >= 15 is 0 Å². The van der Waals surface area contributed by atoms with E-state index in [-0.39, 0.29) is 24.0 Å². The van der Waals surface area contributed by atoms with Gasteiger partial charge in [-0.15, -0.1) is 0 Å². The van der Waals surface area contributed by atoms with Crippen molar-refractivity contribution in [1.82, 2.24) is 4.72 Å². The van der Waals surface area contributed by atoms with Crippen LogP contribution in [0.3, 0.4) is 0 Å². The maximum atomic E-state index is 12.3. The number of hydrogen-bond donors (Lipinski definition) is 2. The fourth-order valence-corrected chi connectivity index (χ4v) is 3.77. The van der Waals surface area contributed by atoms with Crippen LogP contribution in [0.2, 0.25) is 0 Å². The van der Waals surface area contributed by atoms with Gasteiger partial charge in [0.15, 0.2) is 0 Å². The number of benzene rings is 2. The third-order valence-corrected chi connectivity index (χ3v) is 5.61. The molecule has 0 heterocycles. The zero-order valence-corrected chi connectivity index (χ0v) is 16.8. The van der Waals surface area contributed by atoms with E-state index < -0.39 is 10.0 Å². The molecule has 0 unspecified atom stereocenters. The standard InChI is InChI=1S/C17H19IN2O4S/c1-12-11-14(18)5-8-16(12)20-17(21)13-3-6-15(7-4-13)25(22,23)19-9-10-24-2/h3-8,11,19H,9-10H2,1-2H3,(H,20,21). The van der Waals surface area contributed by atoms with E-state index in [2.05, 4.69) is 32.6 Å². The lowest BCUT2D eigenvalue weighted by atomic mass is 10.1. The highest BCUT2D eigenvalue weighted by Gasteiger charge is 2.15. The van der Waals surface area contributed by atoms with E-state index in [4.69, 9.17) is 4.74 Å². The van der Waals surface area contributed by atoms with E-state index in [0.717, 1.165) is 14.8 Å². The SMILES string of the molecule is COCCNS(=O)(=O)c1ccc(C(=O)Nc2ccc(I)cc2C)cc1. The first-order valence-corrected chi connectivity index (χ1v) is 10.1. The Labute approximate surface area is 161 Å². The average Bonchev–Trinajstić information content (AvgIpc) is 2.57. The summed E-state index contributed by atoms with van der Waals surface area (Å²) in [5.74, 6) is -0.291. The van der Waals surface area contributed by atoms with Gasteiger partial charge in [-0.2, -0.15) is 0 Å². The normalized spacial score (nSPS) is 11.3. The second-order valence-electron chi connectivity index (χ2n) is 5.33. The molecule has 0 aromatic heterocycles. The Hall–Kier alpha value is -1.49. The predicted molar refractivity (Wildman–Crippen MR) is 105 cm³/mol. The molecule has 2 aromatic carbocycles. The van der Waals surface area contributed by atoms with Crippen molar-refractivity contribution in [2.45, 2.75) is 11.8 Å². The van der Waals surface area contributed by atoms with Gasteiger partial charge in [-0.3, -0.25) is 4.79 Å². The second-order valence-corrected chi connectivity index (χ2v) is 8.34. The molecule has 0 aliphatic rings. The van der Waals surface area contributed by atoms with Crippen molar-refractivity contribution in [3.63, 3.8) is 0 Å². The van der Waals surface area contributed by atoms with E-state index in [1.54, 1.807) is 0 Å². The number of ether oxygens (including phenoxy) is 1. The number of hydrogen-bond acceptors (Lipinski definition) is 4. The molecule has 2 rings (SSSR count). The molecular formula is C17H19IN2O4S. The number of sulfonamides is 1. The number of amides is 1. The summed E-state index contributed by atoms with van der Waals surface area (Å²) < 4.78 is 32.5. The number of rotatable bonds is 7. The molecule has 0 fully saturated rings. The van der Waals surface area contributed by atoms with Crippen LogP contribution in [-0.2, 0) is 14.8 Å². The molecule has 1 amide bonds. The highest BCUT2D eigenvalue weighted by atomic mass is 127. The van der Waals surface area contributed by atoms with Crippen LogP contribution < -0.4 is 10.0 Å². The third-order valence-electron chi connectivity index (χ3n) is 3.46. The van der Waals surface area contributed by atoms with E-state index in [1.807, 2.05) is 25.1 Å². The van der Waals surface area contributed by atoms with Crippen LogP contribution in [0.25, 0.3) is 0 Å². The third kappa shape index (κ3) is 5.50. The Kier molecular flexibility index (Phi) is 6.94. The molecule has 134 valence electrons. The molecule has 6 nitrogen and oxygen atoms in total. The molecule has 2 aromatic rings. The molecule has 8 heteroatoms. The minimum Gasteiger partial charge on any atom is -0.383 e. The summed E-state index contributed by atoms with van der Waals surface area (Å²) in [6.07, 6.45) is 0. The van der Waals surface area contributed by atoms with Crippen LogP contribution in [0, 0.1) is 10.5 Å². The Morgan fingerprint density at radius 3 is 2.44 bits per heavy atom. The molecule has 0 bridgehead atoms. The number of carbonyl (C=O) groups excluding carboxylic acids is 1. The minimum absolute atomic E-state index is 0.102. The van der Waals surface area contributed by atoms with Gasteiger partial charge in [0, 0.05) is 28.5 Å². The average molecular weight is 474 g/mol. The first kappa shape index (κ1) is 19.8. The van der Waals surface area contributed by atoms with Gasteiger partial charge in [-0.05, 0) is 77.5 Å². The smallest absolute Gasteiger partial charge is 0.255 e. The number of aryl methyl sites for hydroxylation is 1. The number of halogens is 1. The quantitative estimate of drug-likeness (QED) is 0.478. The van der Waals surface area contributed by atoms with E-state index in [9.17, 15) is 13.2 Å². The largest absolute Gasteiger partial charge is 0.383 e. The maximum Gasteiger partial charge on any atom is 0.255 e. The van der Waals surface area contributed by atoms with Crippen LogP contribution in [0.5, 0.6) is 0 Å². The first-order valence-electron chi connectivity index (χ1n) is 7.49. The van der Waals surface area contributed by atoms with Gasteiger partial charge >= 0.3 is 0 Å². The lowest BCUT2D eigenvalue weighted by molar-refractivity contribution is 0.102. The number of anilines is 1. The molecule has 0 spiro atoms. The van der Waals surface area contributed by atoms with Crippen LogP contribution in [0.15, 0.2) is 47.4 Å². The Morgan fingerprint density at radius 1 is 1.16 bits per heavy atom. The minimum atomic E-state index is -3.61. The number of methoxy groups -OCH3 is 1. The van der Waals surface area contributed by atoms with Gasteiger partial charge < -0.3 is 10.1 Å². The summed E-state index contributed by atoms with van der Waals surface area (Å²) in [6, 6.07) is 11.5. The molecule has 0 saturated heterocycles. The number of carbonyl (C=O) groups is 1. The van der Waals surface area contributed by atoms with Crippen molar-refractivity contribution < 1.29 is 17.9 Å². The molecule has 2 N–H and O–H groups in total. The lowest BCUT2D eigenvalue weighted by Gasteiger charge is -2.10. The summed E-state index contributed by atoms with van der Waals surface area (Å²) in [5, 5.41) is 2.83. The zero-order valence-electron chi connectivity index (χ0n) is 13.9. The zero-order chi connectivity index (χ0) is 18.4. The summed E-state index contributed by atoms with van der Waals surface area (Å²) >= 11 is 2.21. The van der Waals surface area contributed by atoms with Gasteiger partial charge in [0.1, 0.15) is 0 Å². The van der Waals surface area contributed by atoms with Gasteiger partial charge in [-0.1, -0.05) is 0 Å². The molecular weight excluding hydrogens is 455 g/mol. The fourth-order valence-electron chi connectivity index (χ4n) is 2.11. The molecule has 0 aliphatic carbocycles. The molecule has 25 heavy (non-hydrogen) atoms. The van der Waals surface area contributed by atoms with Crippen molar-refractivity contribution in [3.05, 3.63) is 57.2 Å². The van der Waals surface area contributed by atoms with Crippen LogP contribution >= 0.6 is 22.6 Å². The van der Waals surface area contributed by atoms with Crippen molar-refractivity contribution in [2.75, 3.05) is 25.6 Å². The summed E-state index contributed by atoms with van der Waals surface area (Å²) in [6.45, 7) is 2.39. The summed E-state index contributed by atoms with van der Waals surface area (Å²) in [7, 11) is -2.11. The van der Waals surface area contributed by atoms with Crippen molar-refractivity contribution >= 4 is 44.2 Å². The Morgan fingerprint density at radius 2 is 1.84 bits per heavy atom. The molecule has 0 aliphatic heterocycles. The number of nitrogens with one attached hydrogen (secondary N) is 2. The van der Waals surface area contributed by atoms with Gasteiger partial charge in [0.05, 0.1) is 11.5 Å². The second kappa shape index (κ2) is 8.75. The topological polar surface area (TPSA) is 84.5 Å². The molecule has 0 atom stereocenters. The van der Waals surface area contributed by atoms with E-state index in [0.29, 0.717) is 5.56 Å². The Balaban J connectivity index is 2.09. The first-order chi connectivity index (χ1) is 11.8. The van der Waals surface area contributed by atoms with Crippen molar-refractivity contribution in [3.8, 4) is 0 Å². The molecule has 0 saturated carbocycles. The summed E-state index contributed by atoms with van der Waals surface area (Å²) in [4.78, 5) is 12.4. The van der Waals surface area contributed by atoms with Gasteiger partial charge in [-0.25, -0.2) is 13.1 Å². The molecule has 0 radical (unpaired) electrons.